The predicted octanol–water partition coefficient (Wildman–Crippen LogP) is 4.37. The third-order valence-electron chi connectivity index (χ3n) is 7.97. The van der Waals surface area contributed by atoms with Crippen LogP contribution in [0.15, 0.2) is 42.5 Å². The summed E-state index contributed by atoms with van der Waals surface area (Å²) in [5.41, 5.74) is 3.53. The number of aliphatic hydroxyl groups is 1. The van der Waals surface area contributed by atoms with Gasteiger partial charge < -0.3 is 34.3 Å². The molecule has 1 unspecified atom stereocenters. The van der Waals surface area contributed by atoms with Crippen LogP contribution in [0.3, 0.4) is 0 Å². The van der Waals surface area contributed by atoms with E-state index in [1.54, 1.807) is 14.2 Å². The van der Waals surface area contributed by atoms with E-state index in [0.717, 1.165) is 68.3 Å². The molecule has 0 radical (unpaired) electrons. The smallest absolute Gasteiger partial charge is 0.142 e. The molecule has 5 atom stereocenters. The molecular weight excluding hydrogens is 468 g/mol. The molecule has 37 heavy (non-hydrogen) atoms. The van der Waals surface area contributed by atoms with E-state index >= 15 is 0 Å². The maximum absolute atomic E-state index is 10.5. The van der Waals surface area contributed by atoms with Gasteiger partial charge in [-0.3, -0.25) is 0 Å². The van der Waals surface area contributed by atoms with Crippen LogP contribution >= 0.6 is 0 Å². The summed E-state index contributed by atoms with van der Waals surface area (Å²) in [5, 5.41) is 14.2. The molecule has 0 bridgehead atoms. The number of hydrogen-bond acceptors (Lipinski definition) is 7. The van der Waals surface area contributed by atoms with Gasteiger partial charge in [0.1, 0.15) is 18.1 Å². The maximum Gasteiger partial charge on any atom is 0.142 e. The minimum Gasteiger partial charge on any atom is -0.497 e. The van der Waals surface area contributed by atoms with Crippen LogP contribution in [-0.4, -0.2) is 70.4 Å². The lowest BCUT2D eigenvalue weighted by Gasteiger charge is -2.40. The molecule has 204 valence electrons. The Hall–Kier alpha value is -2.32. The first-order chi connectivity index (χ1) is 18.0. The van der Waals surface area contributed by atoms with Gasteiger partial charge >= 0.3 is 0 Å². The summed E-state index contributed by atoms with van der Waals surface area (Å²) in [6, 6.07) is 15.0. The van der Waals surface area contributed by atoms with Crippen molar-refractivity contribution >= 4 is 5.69 Å². The number of piperidine rings is 1. The van der Waals surface area contributed by atoms with Crippen molar-refractivity contribution in [2.45, 2.75) is 63.9 Å². The second kappa shape index (κ2) is 13.5. The van der Waals surface area contributed by atoms with Gasteiger partial charge in [0, 0.05) is 38.8 Å². The van der Waals surface area contributed by atoms with Crippen molar-refractivity contribution in [2.24, 2.45) is 5.92 Å². The van der Waals surface area contributed by atoms with E-state index in [2.05, 4.69) is 47.5 Å². The average molecular weight is 513 g/mol. The fourth-order valence-electron chi connectivity index (χ4n) is 5.58. The fraction of sp³-hybridized carbons (Fsp3) is 0.600. The molecular formula is C30H44N2O5. The van der Waals surface area contributed by atoms with Gasteiger partial charge in [-0.05, 0) is 60.6 Å². The van der Waals surface area contributed by atoms with E-state index in [1.165, 1.54) is 5.56 Å². The van der Waals surface area contributed by atoms with Gasteiger partial charge in [-0.15, -0.1) is 0 Å². The Morgan fingerprint density at radius 1 is 1.16 bits per heavy atom. The molecule has 7 heteroatoms. The molecule has 0 aromatic heterocycles. The molecule has 0 aliphatic carbocycles. The highest BCUT2D eigenvalue weighted by Crippen LogP contribution is 2.36. The van der Waals surface area contributed by atoms with Gasteiger partial charge in [0.2, 0.25) is 0 Å². The number of anilines is 1. The summed E-state index contributed by atoms with van der Waals surface area (Å²) in [6.07, 6.45) is 2.38. The van der Waals surface area contributed by atoms with Crippen molar-refractivity contribution in [3.8, 4) is 11.5 Å². The number of aliphatic hydroxyl groups excluding tert-OH is 1. The van der Waals surface area contributed by atoms with E-state index in [1.807, 2.05) is 19.1 Å². The van der Waals surface area contributed by atoms with Crippen LogP contribution in [0.4, 0.5) is 5.69 Å². The van der Waals surface area contributed by atoms with Gasteiger partial charge in [-0.25, -0.2) is 0 Å². The number of nitrogens with one attached hydrogen (secondary N) is 1. The highest BCUT2D eigenvalue weighted by molar-refractivity contribution is 5.61. The van der Waals surface area contributed by atoms with Gasteiger partial charge in [0.05, 0.1) is 38.2 Å². The topological polar surface area (TPSA) is 72.4 Å². The molecule has 2 aromatic carbocycles. The molecule has 2 heterocycles. The van der Waals surface area contributed by atoms with Crippen molar-refractivity contribution in [1.29, 1.82) is 0 Å². The number of nitrogens with zero attached hydrogens (tertiary/aromatic N) is 1. The Morgan fingerprint density at radius 2 is 1.97 bits per heavy atom. The normalized spacial score (nSPS) is 23.2. The summed E-state index contributed by atoms with van der Waals surface area (Å²) in [4.78, 5) is 2.38. The molecule has 4 rings (SSSR count). The van der Waals surface area contributed by atoms with Gasteiger partial charge in [-0.2, -0.15) is 0 Å². The SMILES string of the molecule is CCC(O)[C@H](C)[C@H]1C[C@H](c2ccc(OC)cc2)[C@@H](OCc2ccc3c(c2)N(CCCOC)CCO3)CN1. The first-order valence-corrected chi connectivity index (χ1v) is 13.7. The standard InChI is InChI=1S/C30H44N2O5/c1-5-28(33)21(2)26-18-25(23-8-10-24(35-4)11-9-23)30(19-31-26)37-20-22-7-12-29-27(17-22)32(14-16-36-29)13-6-15-34-3/h7-12,17,21,25-26,28,30-31,33H,5-6,13-16,18-20H2,1-4H3/t21-,25-,26-,28?,30+/m1/s1. The maximum atomic E-state index is 10.5. The minimum absolute atomic E-state index is 0.0284. The van der Waals surface area contributed by atoms with Crippen LogP contribution in [0.2, 0.25) is 0 Å². The van der Waals surface area contributed by atoms with Crippen LogP contribution in [0, 0.1) is 5.92 Å². The van der Waals surface area contributed by atoms with Crippen LogP contribution in [0.25, 0.3) is 0 Å². The fourth-order valence-corrected chi connectivity index (χ4v) is 5.58. The van der Waals surface area contributed by atoms with Crippen molar-refractivity contribution in [3.05, 3.63) is 53.6 Å². The largest absolute Gasteiger partial charge is 0.497 e. The van der Waals surface area contributed by atoms with Crippen molar-refractivity contribution in [2.75, 3.05) is 52.0 Å². The number of methoxy groups -OCH3 is 2. The quantitative estimate of drug-likeness (QED) is 0.409. The zero-order valence-corrected chi connectivity index (χ0v) is 22.8. The molecule has 2 aliphatic heterocycles. The van der Waals surface area contributed by atoms with Gasteiger partial charge in [0.25, 0.3) is 0 Å². The molecule has 0 saturated carbocycles. The van der Waals surface area contributed by atoms with Crippen LogP contribution in [0.1, 0.15) is 50.2 Å². The van der Waals surface area contributed by atoms with Crippen molar-refractivity contribution in [1.82, 2.24) is 5.32 Å². The van der Waals surface area contributed by atoms with Crippen LogP contribution in [-0.2, 0) is 16.1 Å². The van der Waals surface area contributed by atoms with Gasteiger partial charge in [0.15, 0.2) is 0 Å². The minimum atomic E-state index is -0.309. The number of hydrogen-bond donors (Lipinski definition) is 2. The zero-order chi connectivity index (χ0) is 26.2. The third kappa shape index (κ3) is 6.96. The Labute approximate surface area is 222 Å². The first-order valence-electron chi connectivity index (χ1n) is 13.7. The van der Waals surface area contributed by atoms with Gasteiger partial charge in [-0.1, -0.05) is 32.0 Å². The Kier molecular flexibility index (Phi) is 10.1. The van der Waals surface area contributed by atoms with E-state index < -0.39 is 0 Å². The molecule has 7 nitrogen and oxygen atoms in total. The van der Waals surface area contributed by atoms with E-state index in [9.17, 15) is 5.11 Å². The molecule has 0 spiro atoms. The highest BCUT2D eigenvalue weighted by atomic mass is 16.5. The summed E-state index contributed by atoms with van der Waals surface area (Å²) in [7, 11) is 3.44. The monoisotopic (exact) mass is 512 g/mol. The van der Waals surface area contributed by atoms with E-state index in [-0.39, 0.29) is 30.1 Å². The lowest BCUT2D eigenvalue weighted by Crippen LogP contribution is -2.51. The predicted molar refractivity (Wildman–Crippen MR) is 147 cm³/mol. The zero-order valence-electron chi connectivity index (χ0n) is 22.8. The summed E-state index contributed by atoms with van der Waals surface area (Å²) >= 11 is 0. The average Bonchev–Trinajstić information content (AvgIpc) is 2.95. The molecule has 2 aliphatic rings. The molecule has 1 fully saturated rings. The number of ether oxygens (including phenoxy) is 4. The second-order valence-electron chi connectivity index (χ2n) is 10.3. The molecule has 0 amide bonds. The molecule has 1 saturated heterocycles. The summed E-state index contributed by atoms with van der Waals surface area (Å²) in [5.74, 6) is 2.20. The summed E-state index contributed by atoms with van der Waals surface area (Å²) < 4.78 is 23.1. The summed E-state index contributed by atoms with van der Waals surface area (Å²) in [6.45, 7) is 8.77. The van der Waals surface area contributed by atoms with E-state index in [0.29, 0.717) is 13.2 Å². The molecule has 2 N–H and O–H groups in total. The second-order valence-corrected chi connectivity index (χ2v) is 10.3. The number of rotatable bonds is 12. The number of fused-ring (bicyclic) bond motifs is 1. The lowest BCUT2D eigenvalue weighted by atomic mass is 9.79. The van der Waals surface area contributed by atoms with Crippen molar-refractivity contribution < 1.29 is 24.1 Å². The Bertz CT molecular complexity index is 969. The Balaban J connectivity index is 1.47. The lowest BCUT2D eigenvalue weighted by molar-refractivity contribution is -0.0109. The molecule has 2 aromatic rings. The van der Waals surface area contributed by atoms with Crippen molar-refractivity contribution in [3.63, 3.8) is 0 Å². The van der Waals surface area contributed by atoms with Crippen LogP contribution < -0.4 is 19.7 Å². The third-order valence-corrected chi connectivity index (χ3v) is 7.97. The van der Waals surface area contributed by atoms with E-state index in [4.69, 9.17) is 18.9 Å². The van der Waals surface area contributed by atoms with Crippen LogP contribution in [0.5, 0.6) is 11.5 Å². The number of benzene rings is 2. The Morgan fingerprint density at radius 3 is 2.70 bits per heavy atom. The first kappa shape index (κ1) is 27.7. The highest BCUT2D eigenvalue weighted by Gasteiger charge is 2.36.